The summed E-state index contributed by atoms with van der Waals surface area (Å²) in [5, 5.41) is 0. The average molecular weight is 124 g/mol. The first-order valence-corrected chi connectivity index (χ1v) is 3.60. The summed E-state index contributed by atoms with van der Waals surface area (Å²) in [6, 6.07) is 0. The molecule has 0 aliphatic rings. The lowest BCUT2D eigenvalue weighted by molar-refractivity contribution is 0.698. The summed E-state index contributed by atoms with van der Waals surface area (Å²) in [4.78, 5) is 0. The Morgan fingerprint density at radius 2 is 2.00 bits per heavy atom. The van der Waals surface area contributed by atoms with Crippen LogP contribution in [0.15, 0.2) is 24.3 Å². The van der Waals surface area contributed by atoms with Crippen LogP contribution in [0.3, 0.4) is 0 Å². The summed E-state index contributed by atoms with van der Waals surface area (Å²) in [6.45, 7) is 6.45. The van der Waals surface area contributed by atoms with Gasteiger partial charge in [0.2, 0.25) is 0 Å². The Morgan fingerprint density at radius 3 is 2.44 bits per heavy atom. The zero-order valence-electron chi connectivity index (χ0n) is 6.59. The second-order valence-corrected chi connectivity index (χ2v) is 2.30. The van der Waals surface area contributed by atoms with Gasteiger partial charge in [0.15, 0.2) is 0 Å². The second kappa shape index (κ2) is 5.61. The number of hydrogen-bond acceptors (Lipinski definition) is 0. The molecule has 0 spiro atoms. The lowest BCUT2D eigenvalue weighted by Crippen LogP contribution is -1.82. The van der Waals surface area contributed by atoms with Crippen molar-refractivity contribution in [1.82, 2.24) is 0 Å². The van der Waals surface area contributed by atoms with Gasteiger partial charge in [-0.25, -0.2) is 0 Å². The quantitative estimate of drug-likeness (QED) is 0.507. The number of rotatable bonds is 3. The summed E-state index contributed by atoms with van der Waals surface area (Å²) in [5.41, 5.74) is 0. The zero-order chi connectivity index (χ0) is 7.11. The number of allylic oxidation sites excluding steroid dienone is 4. The third-order valence-corrected chi connectivity index (χ3v) is 1.39. The molecule has 0 heterocycles. The van der Waals surface area contributed by atoms with Crippen molar-refractivity contribution in [1.29, 1.82) is 0 Å². The van der Waals surface area contributed by atoms with Gasteiger partial charge in [-0.05, 0) is 12.8 Å². The maximum Gasteiger partial charge on any atom is -0.0261 e. The third kappa shape index (κ3) is 5.35. The van der Waals surface area contributed by atoms with Gasteiger partial charge < -0.3 is 0 Å². The molecule has 0 aliphatic heterocycles. The molecule has 0 aromatic rings. The Kier molecular flexibility index (Phi) is 5.29. The van der Waals surface area contributed by atoms with Crippen molar-refractivity contribution in [3.63, 3.8) is 0 Å². The third-order valence-electron chi connectivity index (χ3n) is 1.39. The Labute approximate surface area is 58.3 Å². The first-order chi connectivity index (χ1) is 4.31. The molecule has 1 atom stereocenters. The molecule has 0 aromatic carbocycles. The maximum absolute atomic E-state index is 2.22. The van der Waals surface area contributed by atoms with Gasteiger partial charge in [-0.2, -0.15) is 0 Å². The minimum Gasteiger partial charge on any atom is -0.0877 e. The van der Waals surface area contributed by atoms with E-state index in [2.05, 4.69) is 32.1 Å². The van der Waals surface area contributed by atoms with Gasteiger partial charge in [0, 0.05) is 0 Å². The van der Waals surface area contributed by atoms with Gasteiger partial charge in [0.05, 0.1) is 0 Å². The van der Waals surface area contributed by atoms with E-state index < -0.39 is 0 Å². The Morgan fingerprint density at radius 1 is 1.33 bits per heavy atom. The van der Waals surface area contributed by atoms with Crippen LogP contribution in [0.5, 0.6) is 0 Å². The summed E-state index contributed by atoms with van der Waals surface area (Å²) in [5.74, 6) is 0.723. The summed E-state index contributed by atoms with van der Waals surface area (Å²) >= 11 is 0. The van der Waals surface area contributed by atoms with Gasteiger partial charge in [0.25, 0.3) is 0 Å². The van der Waals surface area contributed by atoms with E-state index in [0.29, 0.717) is 0 Å². The molecule has 0 amide bonds. The van der Waals surface area contributed by atoms with Crippen molar-refractivity contribution in [2.24, 2.45) is 5.92 Å². The maximum atomic E-state index is 2.22. The first-order valence-electron chi connectivity index (χ1n) is 3.60. The predicted octanol–water partition coefficient (Wildman–Crippen LogP) is 3.16. The SMILES string of the molecule is CC=CC=CC(C)CC. The normalized spacial score (nSPS) is 15.4. The van der Waals surface area contributed by atoms with Crippen molar-refractivity contribution in [2.75, 3.05) is 0 Å². The van der Waals surface area contributed by atoms with Crippen molar-refractivity contribution in [3.05, 3.63) is 24.3 Å². The van der Waals surface area contributed by atoms with Crippen LogP contribution in [-0.4, -0.2) is 0 Å². The van der Waals surface area contributed by atoms with Gasteiger partial charge in [-0.15, -0.1) is 0 Å². The summed E-state index contributed by atoms with van der Waals surface area (Å²) < 4.78 is 0. The fraction of sp³-hybridized carbons (Fsp3) is 0.556. The highest BCUT2D eigenvalue weighted by molar-refractivity contribution is 5.02. The summed E-state index contributed by atoms with van der Waals surface area (Å²) in [6.07, 6.45) is 9.66. The molecule has 0 bridgehead atoms. The van der Waals surface area contributed by atoms with Crippen LogP contribution in [0.4, 0.5) is 0 Å². The lowest BCUT2D eigenvalue weighted by atomic mass is 10.1. The fourth-order valence-corrected chi connectivity index (χ4v) is 0.501. The minimum atomic E-state index is 0.723. The van der Waals surface area contributed by atoms with Crippen molar-refractivity contribution < 1.29 is 0 Å². The molecular formula is C9H16. The van der Waals surface area contributed by atoms with E-state index >= 15 is 0 Å². The summed E-state index contributed by atoms with van der Waals surface area (Å²) in [7, 11) is 0. The molecule has 0 saturated carbocycles. The first kappa shape index (κ1) is 8.48. The van der Waals surface area contributed by atoms with E-state index in [1.54, 1.807) is 0 Å². The second-order valence-electron chi connectivity index (χ2n) is 2.30. The van der Waals surface area contributed by atoms with E-state index in [9.17, 15) is 0 Å². The standard InChI is InChI=1S/C9H16/c1-4-6-7-8-9(3)5-2/h4,6-9H,5H2,1-3H3. The highest BCUT2D eigenvalue weighted by Crippen LogP contribution is 2.01. The van der Waals surface area contributed by atoms with Crippen LogP contribution in [0.25, 0.3) is 0 Å². The predicted molar refractivity (Wildman–Crippen MR) is 43.4 cm³/mol. The van der Waals surface area contributed by atoms with Crippen molar-refractivity contribution in [2.45, 2.75) is 27.2 Å². The molecule has 0 aromatic heterocycles. The van der Waals surface area contributed by atoms with E-state index in [0.717, 1.165) is 5.92 Å². The van der Waals surface area contributed by atoms with Crippen LogP contribution in [0, 0.1) is 5.92 Å². The Bertz CT molecular complexity index is 98.6. The minimum absolute atomic E-state index is 0.723. The van der Waals surface area contributed by atoms with Crippen LogP contribution in [0.2, 0.25) is 0 Å². The molecule has 0 fully saturated rings. The molecule has 1 unspecified atom stereocenters. The van der Waals surface area contributed by atoms with Crippen LogP contribution >= 0.6 is 0 Å². The van der Waals surface area contributed by atoms with Crippen LogP contribution in [0.1, 0.15) is 27.2 Å². The van der Waals surface area contributed by atoms with Gasteiger partial charge in [-0.1, -0.05) is 44.6 Å². The largest absolute Gasteiger partial charge is 0.0877 e. The molecule has 9 heavy (non-hydrogen) atoms. The highest BCUT2D eigenvalue weighted by atomic mass is 13.9. The van der Waals surface area contributed by atoms with Crippen LogP contribution in [-0.2, 0) is 0 Å². The Hall–Kier alpha value is -0.520. The zero-order valence-corrected chi connectivity index (χ0v) is 6.59. The molecule has 0 aliphatic carbocycles. The molecule has 0 radical (unpaired) electrons. The Balaban J connectivity index is 3.43. The van der Waals surface area contributed by atoms with Crippen molar-refractivity contribution >= 4 is 0 Å². The highest BCUT2D eigenvalue weighted by Gasteiger charge is 1.86. The molecular weight excluding hydrogens is 108 g/mol. The van der Waals surface area contributed by atoms with E-state index in [4.69, 9.17) is 0 Å². The smallest absolute Gasteiger partial charge is 0.0261 e. The van der Waals surface area contributed by atoms with Gasteiger partial charge in [-0.3, -0.25) is 0 Å². The van der Waals surface area contributed by atoms with Gasteiger partial charge >= 0.3 is 0 Å². The lowest BCUT2D eigenvalue weighted by Gasteiger charge is -1.96. The van der Waals surface area contributed by atoms with Gasteiger partial charge in [0.1, 0.15) is 0 Å². The molecule has 0 nitrogen and oxygen atoms in total. The van der Waals surface area contributed by atoms with Crippen LogP contribution < -0.4 is 0 Å². The van der Waals surface area contributed by atoms with E-state index in [1.807, 2.05) is 13.0 Å². The van der Waals surface area contributed by atoms with E-state index in [1.165, 1.54) is 6.42 Å². The molecule has 52 valence electrons. The fourth-order valence-electron chi connectivity index (χ4n) is 0.501. The molecule has 0 rings (SSSR count). The van der Waals surface area contributed by atoms with E-state index in [-0.39, 0.29) is 0 Å². The molecule has 0 N–H and O–H groups in total. The topological polar surface area (TPSA) is 0 Å². The molecule has 0 heteroatoms. The van der Waals surface area contributed by atoms with Crippen molar-refractivity contribution in [3.8, 4) is 0 Å². The molecule has 0 saturated heterocycles. The monoisotopic (exact) mass is 124 g/mol. The average Bonchev–Trinajstić information content (AvgIpc) is 1.89. The number of hydrogen-bond donors (Lipinski definition) is 0.